The minimum Gasteiger partial charge on any atom is -0.399 e. The molecular weight excluding hydrogens is 210 g/mol. The number of hydrogen-bond acceptors (Lipinski definition) is 2. The molecule has 0 atom stereocenters. The van der Waals surface area contributed by atoms with E-state index in [0.717, 1.165) is 23.6 Å². The predicted molar refractivity (Wildman–Crippen MR) is 73.1 cm³/mol. The van der Waals surface area contributed by atoms with Gasteiger partial charge < -0.3 is 10.3 Å². The molecule has 2 rings (SSSR count). The van der Waals surface area contributed by atoms with Crippen LogP contribution in [0.25, 0.3) is 11.0 Å². The Kier molecular flexibility index (Phi) is 3.09. The van der Waals surface area contributed by atoms with E-state index in [1.54, 1.807) is 0 Å². The van der Waals surface area contributed by atoms with Crippen molar-refractivity contribution in [2.24, 2.45) is 5.92 Å². The second kappa shape index (κ2) is 4.40. The van der Waals surface area contributed by atoms with Crippen LogP contribution in [0.4, 0.5) is 5.69 Å². The van der Waals surface area contributed by atoms with Crippen molar-refractivity contribution in [3.8, 4) is 0 Å². The summed E-state index contributed by atoms with van der Waals surface area (Å²) in [6.45, 7) is 9.83. The fraction of sp³-hybridized carbons (Fsp3) is 0.500. The molecule has 1 aromatic carbocycles. The van der Waals surface area contributed by atoms with Gasteiger partial charge in [0.25, 0.3) is 0 Å². The van der Waals surface area contributed by atoms with Crippen LogP contribution < -0.4 is 5.73 Å². The maximum absolute atomic E-state index is 5.81. The summed E-state index contributed by atoms with van der Waals surface area (Å²) >= 11 is 0. The highest BCUT2D eigenvalue weighted by Gasteiger charge is 2.14. The van der Waals surface area contributed by atoms with Crippen molar-refractivity contribution >= 4 is 16.7 Å². The number of nitrogens with two attached hydrogens (primary N) is 1. The van der Waals surface area contributed by atoms with Gasteiger partial charge in [-0.15, -0.1) is 0 Å². The van der Waals surface area contributed by atoms with Gasteiger partial charge in [0.15, 0.2) is 0 Å². The van der Waals surface area contributed by atoms with Crippen molar-refractivity contribution in [3.63, 3.8) is 0 Å². The largest absolute Gasteiger partial charge is 0.399 e. The van der Waals surface area contributed by atoms with Crippen LogP contribution in [0.15, 0.2) is 18.2 Å². The fourth-order valence-corrected chi connectivity index (χ4v) is 2.16. The Morgan fingerprint density at radius 1 is 1.24 bits per heavy atom. The lowest BCUT2D eigenvalue weighted by Crippen LogP contribution is -2.09. The van der Waals surface area contributed by atoms with E-state index in [1.165, 1.54) is 5.52 Å². The Balaban J connectivity index is 2.62. The van der Waals surface area contributed by atoms with Crippen LogP contribution >= 0.6 is 0 Å². The second-order valence-corrected chi connectivity index (χ2v) is 5.38. The SMILES string of the molecule is CC(C)Cn1c(C(C)C)nc2cc(N)ccc21. The second-order valence-electron chi connectivity index (χ2n) is 5.38. The number of rotatable bonds is 3. The van der Waals surface area contributed by atoms with E-state index in [1.807, 2.05) is 12.1 Å². The van der Waals surface area contributed by atoms with Gasteiger partial charge in [-0.2, -0.15) is 0 Å². The van der Waals surface area contributed by atoms with Crippen molar-refractivity contribution in [1.82, 2.24) is 9.55 Å². The summed E-state index contributed by atoms with van der Waals surface area (Å²) in [6, 6.07) is 5.98. The van der Waals surface area contributed by atoms with E-state index < -0.39 is 0 Å². The molecule has 0 unspecified atom stereocenters. The molecular formula is C14H21N3. The summed E-state index contributed by atoms with van der Waals surface area (Å²) < 4.78 is 2.32. The number of hydrogen-bond donors (Lipinski definition) is 1. The van der Waals surface area contributed by atoms with Gasteiger partial charge in [0.2, 0.25) is 0 Å². The van der Waals surface area contributed by atoms with Crippen LogP contribution in [0.5, 0.6) is 0 Å². The molecule has 0 amide bonds. The molecule has 3 heteroatoms. The van der Waals surface area contributed by atoms with Crippen molar-refractivity contribution in [3.05, 3.63) is 24.0 Å². The van der Waals surface area contributed by atoms with Crippen LogP contribution in [0, 0.1) is 5.92 Å². The maximum Gasteiger partial charge on any atom is 0.112 e. The lowest BCUT2D eigenvalue weighted by Gasteiger charge is -2.13. The van der Waals surface area contributed by atoms with Gasteiger partial charge >= 0.3 is 0 Å². The normalized spacial score (nSPS) is 11.9. The zero-order chi connectivity index (χ0) is 12.6. The number of anilines is 1. The smallest absolute Gasteiger partial charge is 0.112 e. The van der Waals surface area contributed by atoms with Crippen LogP contribution in [-0.2, 0) is 6.54 Å². The lowest BCUT2D eigenvalue weighted by atomic mass is 10.2. The number of nitrogens with zero attached hydrogens (tertiary/aromatic N) is 2. The Morgan fingerprint density at radius 3 is 2.53 bits per heavy atom. The van der Waals surface area contributed by atoms with Crippen LogP contribution in [0.2, 0.25) is 0 Å². The fourth-order valence-electron chi connectivity index (χ4n) is 2.16. The monoisotopic (exact) mass is 231 g/mol. The Morgan fingerprint density at radius 2 is 1.94 bits per heavy atom. The van der Waals surface area contributed by atoms with Gasteiger partial charge in [-0.25, -0.2) is 4.98 Å². The molecule has 0 saturated carbocycles. The van der Waals surface area contributed by atoms with E-state index in [0.29, 0.717) is 11.8 Å². The number of benzene rings is 1. The minimum atomic E-state index is 0.433. The highest BCUT2D eigenvalue weighted by molar-refractivity contribution is 5.79. The summed E-state index contributed by atoms with van der Waals surface area (Å²) in [7, 11) is 0. The molecule has 1 aromatic heterocycles. The van der Waals surface area contributed by atoms with Crippen LogP contribution in [0.3, 0.4) is 0 Å². The molecule has 0 saturated heterocycles. The van der Waals surface area contributed by atoms with E-state index in [4.69, 9.17) is 10.7 Å². The van der Waals surface area contributed by atoms with Crippen molar-refractivity contribution in [2.45, 2.75) is 40.2 Å². The van der Waals surface area contributed by atoms with Crippen molar-refractivity contribution < 1.29 is 0 Å². The van der Waals surface area contributed by atoms with E-state index in [9.17, 15) is 0 Å². The molecule has 0 spiro atoms. The average Bonchev–Trinajstić information content (AvgIpc) is 2.55. The number of aromatic nitrogens is 2. The maximum atomic E-state index is 5.81. The van der Waals surface area contributed by atoms with Crippen molar-refractivity contribution in [2.75, 3.05) is 5.73 Å². The molecule has 3 nitrogen and oxygen atoms in total. The van der Waals surface area contributed by atoms with Gasteiger partial charge in [0, 0.05) is 18.2 Å². The Bertz CT molecular complexity index is 523. The third-order valence-electron chi connectivity index (χ3n) is 2.87. The first-order chi connectivity index (χ1) is 7.99. The first kappa shape index (κ1) is 12.0. The zero-order valence-corrected chi connectivity index (χ0v) is 11.1. The lowest BCUT2D eigenvalue weighted by molar-refractivity contribution is 0.508. The van der Waals surface area contributed by atoms with Crippen LogP contribution in [0.1, 0.15) is 39.4 Å². The van der Waals surface area contributed by atoms with Gasteiger partial charge in [-0.3, -0.25) is 0 Å². The standard InChI is InChI=1S/C14H21N3/c1-9(2)8-17-13-6-5-11(15)7-12(13)16-14(17)10(3)4/h5-7,9-10H,8,15H2,1-4H3. The average molecular weight is 231 g/mol. The molecule has 92 valence electrons. The summed E-state index contributed by atoms with van der Waals surface area (Å²) in [6.07, 6.45) is 0. The quantitative estimate of drug-likeness (QED) is 0.823. The molecule has 0 bridgehead atoms. The molecule has 2 N–H and O–H groups in total. The van der Waals surface area contributed by atoms with Gasteiger partial charge in [0.1, 0.15) is 5.82 Å². The summed E-state index contributed by atoms with van der Waals surface area (Å²) in [5.41, 5.74) is 8.79. The molecule has 0 aliphatic heterocycles. The summed E-state index contributed by atoms with van der Waals surface area (Å²) in [5, 5.41) is 0. The van der Waals surface area contributed by atoms with Crippen molar-refractivity contribution in [1.29, 1.82) is 0 Å². The van der Waals surface area contributed by atoms with E-state index in [2.05, 4.69) is 38.3 Å². The summed E-state index contributed by atoms with van der Waals surface area (Å²) in [4.78, 5) is 4.71. The van der Waals surface area contributed by atoms with Gasteiger partial charge in [-0.05, 0) is 24.1 Å². The third kappa shape index (κ3) is 2.28. The molecule has 17 heavy (non-hydrogen) atoms. The Labute approximate surface area is 103 Å². The molecule has 0 aliphatic rings. The molecule has 0 aliphatic carbocycles. The number of fused-ring (bicyclic) bond motifs is 1. The topological polar surface area (TPSA) is 43.8 Å². The van der Waals surface area contributed by atoms with Crippen LogP contribution in [-0.4, -0.2) is 9.55 Å². The summed E-state index contributed by atoms with van der Waals surface area (Å²) in [5.74, 6) is 2.20. The minimum absolute atomic E-state index is 0.433. The Hall–Kier alpha value is -1.51. The van der Waals surface area contributed by atoms with Gasteiger partial charge in [0.05, 0.1) is 11.0 Å². The van der Waals surface area contributed by atoms with E-state index in [-0.39, 0.29) is 0 Å². The highest BCUT2D eigenvalue weighted by Crippen LogP contribution is 2.24. The molecule has 0 fully saturated rings. The molecule has 0 radical (unpaired) electrons. The molecule has 1 heterocycles. The van der Waals surface area contributed by atoms with Gasteiger partial charge in [-0.1, -0.05) is 27.7 Å². The van der Waals surface area contributed by atoms with E-state index >= 15 is 0 Å². The highest BCUT2D eigenvalue weighted by atomic mass is 15.1. The predicted octanol–water partition coefficient (Wildman–Crippen LogP) is 3.40. The number of imidazole rings is 1. The molecule has 2 aromatic rings. The first-order valence-corrected chi connectivity index (χ1v) is 6.24. The zero-order valence-electron chi connectivity index (χ0n) is 11.1. The number of nitrogen functional groups attached to an aromatic ring is 1. The first-order valence-electron chi connectivity index (χ1n) is 6.24. The third-order valence-corrected chi connectivity index (χ3v) is 2.87.